The second-order valence-electron chi connectivity index (χ2n) is 5.66. The van der Waals surface area contributed by atoms with E-state index in [-0.39, 0.29) is 11.8 Å². The van der Waals surface area contributed by atoms with Gasteiger partial charge >= 0.3 is 5.97 Å². The summed E-state index contributed by atoms with van der Waals surface area (Å²) in [6, 6.07) is 9.34. The van der Waals surface area contributed by atoms with Crippen molar-refractivity contribution in [1.29, 1.82) is 0 Å². The largest absolute Gasteiger partial charge is 0.480 e. The van der Waals surface area contributed by atoms with Crippen LogP contribution in [-0.4, -0.2) is 34.5 Å². The first-order valence-electron chi connectivity index (χ1n) is 7.70. The Balaban J connectivity index is 2.06. The van der Waals surface area contributed by atoms with Crippen LogP contribution in [0, 0.1) is 0 Å². The van der Waals surface area contributed by atoms with Crippen molar-refractivity contribution in [1.82, 2.24) is 4.90 Å². The molecular formula is C17H23NO3. The molecule has 1 amide bonds. The van der Waals surface area contributed by atoms with Gasteiger partial charge in [-0.15, -0.1) is 0 Å². The number of carbonyl (C=O) groups excluding carboxylic acids is 1. The third kappa shape index (κ3) is 3.84. The fourth-order valence-corrected chi connectivity index (χ4v) is 3.04. The number of amides is 1. The van der Waals surface area contributed by atoms with Gasteiger partial charge in [0.25, 0.3) is 0 Å². The molecule has 1 aliphatic heterocycles. The second kappa shape index (κ2) is 7.25. The van der Waals surface area contributed by atoms with Crippen LogP contribution >= 0.6 is 0 Å². The van der Waals surface area contributed by atoms with Crippen molar-refractivity contribution < 1.29 is 14.7 Å². The first-order chi connectivity index (χ1) is 10.1. The van der Waals surface area contributed by atoms with E-state index in [2.05, 4.69) is 6.92 Å². The number of piperidine rings is 1. The molecular weight excluding hydrogens is 266 g/mol. The average Bonchev–Trinajstić information content (AvgIpc) is 2.53. The van der Waals surface area contributed by atoms with Crippen LogP contribution in [0.3, 0.4) is 0 Å². The zero-order valence-electron chi connectivity index (χ0n) is 12.5. The maximum atomic E-state index is 12.5. The molecule has 1 aromatic carbocycles. The summed E-state index contributed by atoms with van der Waals surface area (Å²) in [5.74, 6) is -0.747. The van der Waals surface area contributed by atoms with Crippen LogP contribution < -0.4 is 0 Å². The van der Waals surface area contributed by atoms with Gasteiger partial charge in [-0.3, -0.25) is 4.79 Å². The molecule has 0 saturated carbocycles. The van der Waals surface area contributed by atoms with E-state index < -0.39 is 12.0 Å². The molecule has 1 heterocycles. The highest BCUT2D eigenvalue weighted by Crippen LogP contribution is 2.26. The highest BCUT2D eigenvalue weighted by Gasteiger charge is 2.32. The summed E-state index contributed by atoms with van der Waals surface area (Å²) in [5, 5.41) is 9.27. The summed E-state index contributed by atoms with van der Waals surface area (Å²) < 4.78 is 0. The van der Waals surface area contributed by atoms with Gasteiger partial charge in [-0.05, 0) is 37.2 Å². The van der Waals surface area contributed by atoms with Crippen molar-refractivity contribution in [2.75, 3.05) is 6.54 Å². The van der Waals surface area contributed by atoms with Crippen LogP contribution in [0.2, 0.25) is 0 Å². The molecule has 114 valence electrons. The van der Waals surface area contributed by atoms with E-state index in [1.807, 2.05) is 30.3 Å². The highest BCUT2D eigenvalue weighted by atomic mass is 16.4. The smallest absolute Gasteiger partial charge is 0.326 e. The fraction of sp³-hybridized carbons (Fsp3) is 0.529. The summed E-state index contributed by atoms with van der Waals surface area (Å²) >= 11 is 0. The molecule has 4 heteroatoms. The van der Waals surface area contributed by atoms with Crippen molar-refractivity contribution in [2.24, 2.45) is 0 Å². The molecule has 2 atom stereocenters. The van der Waals surface area contributed by atoms with Crippen LogP contribution in [-0.2, 0) is 9.59 Å². The zero-order valence-corrected chi connectivity index (χ0v) is 12.5. The third-order valence-corrected chi connectivity index (χ3v) is 4.29. The minimum atomic E-state index is -0.879. The van der Waals surface area contributed by atoms with Gasteiger partial charge in [0, 0.05) is 13.0 Å². The van der Waals surface area contributed by atoms with E-state index in [1.165, 1.54) is 0 Å². The topological polar surface area (TPSA) is 57.6 Å². The van der Waals surface area contributed by atoms with E-state index in [0.29, 0.717) is 19.4 Å². The van der Waals surface area contributed by atoms with Crippen LogP contribution in [0.4, 0.5) is 0 Å². The maximum absolute atomic E-state index is 12.5. The fourth-order valence-electron chi connectivity index (χ4n) is 3.04. The quantitative estimate of drug-likeness (QED) is 0.906. The average molecular weight is 289 g/mol. The van der Waals surface area contributed by atoms with Gasteiger partial charge in [-0.25, -0.2) is 4.79 Å². The minimum Gasteiger partial charge on any atom is -0.480 e. The molecule has 2 rings (SSSR count). The Morgan fingerprint density at radius 1 is 1.29 bits per heavy atom. The van der Waals surface area contributed by atoms with Gasteiger partial charge in [-0.1, -0.05) is 37.3 Å². The standard InChI is InChI=1S/C17H23NO3/c1-2-13(14-8-4-3-5-9-14)12-16(19)18-11-7-6-10-15(18)17(20)21/h3-5,8-9,13,15H,2,6-7,10-12H2,1H3,(H,20,21)/t13?,15-/m1/s1. The molecule has 0 aliphatic carbocycles. The Kier molecular flexibility index (Phi) is 5.37. The number of hydrogen-bond donors (Lipinski definition) is 1. The molecule has 0 aromatic heterocycles. The molecule has 1 N–H and O–H groups in total. The molecule has 1 aromatic rings. The Morgan fingerprint density at radius 2 is 2.00 bits per heavy atom. The van der Waals surface area contributed by atoms with Crippen LogP contribution in [0.15, 0.2) is 30.3 Å². The number of aliphatic carboxylic acids is 1. The van der Waals surface area contributed by atoms with Crippen molar-refractivity contribution >= 4 is 11.9 Å². The number of rotatable bonds is 5. The Labute approximate surface area is 125 Å². The molecule has 0 bridgehead atoms. The van der Waals surface area contributed by atoms with Crippen LogP contribution in [0.5, 0.6) is 0 Å². The number of hydrogen-bond acceptors (Lipinski definition) is 2. The molecule has 0 spiro atoms. The summed E-state index contributed by atoms with van der Waals surface area (Å²) in [6.07, 6.45) is 3.63. The van der Waals surface area contributed by atoms with Crippen molar-refractivity contribution in [3.8, 4) is 0 Å². The summed E-state index contributed by atoms with van der Waals surface area (Å²) in [5.41, 5.74) is 1.15. The van der Waals surface area contributed by atoms with Crippen LogP contribution in [0.1, 0.15) is 50.5 Å². The normalized spacial score (nSPS) is 20.0. The van der Waals surface area contributed by atoms with Gasteiger partial charge in [0.1, 0.15) is 6.04 Å². The number of carbonyl (C=O) groups is 2. The Morgan fingerprint density at radius 3 is 2.62 bits per heavy atom. The summed E-state index contributed by atoms with van der Waals surface area (Å²) in [7, 11) is 0. The number of carboxylic acid groups (broad SMARTS) is 1. The first kappa shape index (κ1) is 15.5. The predicted molar refractivity (Wildman–Crippen MR) is 81.1 cm³/mol. The lowest BCUT2D eigenvalue weighted by Crippen LogP contribution is -2.48. The lowest BCUT2D eigenvalue weighted by molar-refractivity contribution is -0.152. The van der Waals surface area contributed by atoms with Gasteiger partial charge in [0.05, 0.1) is 0 Å². The molecule has 4 nitrogen and oxygen atoms in total. The Bertz CT molecular complexity index is 486. The molecule has 1 aliphatic rings. The molecule has 1 unspecified atom stereocenters. The van der Waals surface area contributed by atoms with E-state index in [4.69, 9.17) is 0 Å². The minimum absolute atomic E-state index is 0.0298. The SMILES string of the molecule is CCC(CC(=O)N1CCCC[C@@H]1C(=O)O)c1ccccc1. The highest BCUT2D eigenvalue weighted by molar-refractivity contribution is 5.84. The zero-order chi connectivity index (χ0) is 15.2. The lowest BCUT2D eigenvalue weighted by atomic mass is 9.91. The van der Waals surface area contributed by atoms with E-state index >= 15 is 0 Å². The van der Waals surface area contributed by atoms with Gasteiger partial charge in [-0.2, -0.15) is 0 Å². The monoisotopic (exact) mass is 289 g/mol. The van der Waals surface area contributed by atoms with E-state index in [9.17, 15) is 14.7 Å². The number of carboxylic acids is 1. The molecule has 21 heavy (non-hydrogen) atoms. The number of nitrogens with zero attached hydrogens (tertiary/aromatic N) is 1. The third-order valence-electron chi connectivity index (χ3n) is 4.29. The van der Waals surface area contributed by atoms with Gasteiger partial charge in [0.2, 0.25) is 5.91 Å². The lowest BCUT2D eigenvalue weighted by Gasteiger charge is -2.34. The predicted octanol–water partition coefficient (Wildman–Crippen LogP) is 3.04. The van der Waals surface area contributed by atoms with Crippen molar-refractivity contribution in [2.45, 2.75) is 51.0 Å². The van der Waals surface area contributed by atoms with Crippen molar-refractivity contribution in [3.05, 3.63) is 35.9 Å². The van der Waals surface area contributed by atoms with Gasteiger partial charge < -0.3 is 10.0 Å². The van der Waals surface area contributed by atoms with Gasteiger partial charge in [0.15, 0.2) is 0 Å². The summed E-state index contributed by atoms with van der Waals surface area (Å²) in [4.78, 5) is 25.4. The van der Waals surface area contributed by atoms with E-state index in [0.717, 1.165) is 24.8 Å². The van der Waals surface area contributed by atoms with Crippen molar-refractivity contribution in [3.63, 3.8) is 0 Å². The Hall–Kier alpha value is -1.84. The molecule has 0 radical (unpaired) electrons. The summed E-state index contributed by atoms with van der Waals surface area (Å²) in [6.45, 7) is 2.64. The first-order valence-corrected chi connectivity index (χ1v) is 7.70. The number of likely N-dealkylation sites (tertiary alicyclic amines) is 1. The molecule has 1 fully saturated rings. The van der Waals surface area contributed by atoms with Crippen LogP contribution in [0.25, 0.3) is 0 Å². The molecule has 1 saturated heterocycles. The maximum Gasteiger partial charge on any atom is 0.326 e. The number of benzene rings is 1. The second-order valence-corrected chi connectivity index (χ2v) is 5.66. The van der Waals surface area contributed by atoms with E-state index in [1.54, 1.807) is 4.90 Å².